The number of aromatic amines is 1. The third-order valence-electron chi connectivity index (χ3n) is 4.05. The molecule has 0 radical (unpaired) electrons. The van der Waals surface area contributed by atoms with Crippen LogP contribution in [0.1, 0.15) is 31.9 Å². The van der Waals surface area contributed by atoms with Crippen molar-refractivity contribution in [2.75, 3.05) is 25.1 Å². The second-order valence-electron chi connectivity index (χ2n) is 6.22. The Morgan fingerprint density at radius 1 is 1.08 bits per heavy atom. The Bertz CT molecular complexity index is 798. The van der Waals surface area contributed by atoms with E-state index in [4.69, 9.17) is 9.72 Å². The first kappa shape index (κ1) is 17.4. The van der Waals surface area contributed by atoms with Gasteiger partial charge in [-0.15, -0.1) is 0 Å². The number of hydrogen-bond acceptors (Lipinski definition) is 4. The molecule has 5 heteroatoms. The number of benzene rings is 1. The van der Waals surface area contributed by atoms with E-state index in [0.717, 1.165) is 66.5 Å². The molecule has 0 saturated carbocycles. The lowest BCUT2D eigenvalue weighted by Gasteiger charge is -2.09. The second kappa shape index (κ2) is 8.62. The minimum atomic E-state index is 0.733. The molecule has 3 aromatic rings. The lowest BCUT2D eigenvalue weighted by molar-refractivity contribution is 0.131. The van der Waals surface area contributed by atoms with Crippen LogP contribution in [-0.2, 0) is 4.74 Å². The number of unbranched alkanes of at least 4 members (excludes halogenated alkanes) is 1. The number of nitrogens with one attached hydrogen (secondary N) is 2. The molecule has 5 nitrogen and oxygen atoms in total. The van der Waals surface area contributed by atoms with Crippen LogP contribution in [0.4, 0.5) is 5.82 Å². The van der Waals surface area contributed by atoms with Gasteiger partial charge in [-0.2, -0.15) is 0 Å². The fourth-order valence-corrected chi connectivity index (χ4v) is 2.72. The molecule has 0 amide bonds. The second-order valence-corrected chi connectivity index (χ2v) is 6.22. The minimum absolute atomic E-state index is 0.733. The van der Waals surface area contributed by atoms with E-state index >= 15 is 0 Å². The van der Waals surface area contributed by atoms with Crippen molar-refractivity contribution < 1.29 is 4.74 Å². The van der Waals surface area contributed by atoms with Crippen molar-refractivity contribution in [2.45, 2.75) is 33.1 Å². The number of aryl methyl sites for hydroxylation is 1. The molecule has 0 bridgehead atoms. The molecule has 0 aliphatic rings. The predicted octanol–water partition coefficient (Wildman–Crippen LogP) is 4.55. The van der Waals surface area contributed by atoms with Crippen LogP contribution < -0.4 is 5.32 Å². The monoisotopic (exact) mass is 338 g/mol. The molecule has 0 spiro atoms. The number of anilines is 1. The molecule has 2 N–H and O–H groups in total. The summed E-state index contributed by atoms with van der Waals surface area (Å²) in [7, 11) is 0. The molecule has 0 unspecified atom stereocenters. The molecule has 2 aromatic heterocycles. The first-order chi connectivity index (χ1) is 12.3. The van der Waals surface area contributed by atoms with Gasteiger partial charge in [0.15, 0.2) is 5.82 Å². The van der Waals surface area contributed by atoms with E-state index < -0.39 is 0 Å². The zero-order valence-corrected chi connectivity index (χ0v) is 15.0. The molecule has 0 fully saturated rings. The largest absolute Gasteiger partial charge is 0.381 e. The fraction of sp³-hybridized carbons (Fsp3) is 0.400. The highest BCUT2D eigenvalue weighted by Gasteiger charge is 2.11. The summed E-state index contributed by atoms with van der Waals surface area (Å²) in [6.07, 6.45) is 3.26. The number of hydrogen-bond donors (Lipinski definition) is 2. The number of ether oxygens (including phenoxy) is 1. The predicted molar refractivity (Wildman–Crippen MR) is 103 cm³/mol. The number of nitrogens with zero attached hydrogens (tertiary/aromatic N) is 2. The molecule has 2 heterocycles. The van der Waals surface area contributed by atoms with Gasteiger partial charge in [0.25, 0.3) is 0 Å². The first-order valence-electron chi connectivity index (χ1n) is 9.02. The van der Waals surface area contributed by atoms with Gasteiger partial charge in [0.1, 0.15) is 11.5 Å². The van der Waals surface area contributed by atoms with Crippen molar-refractivity contribution in [3.8, 4) is 11.4 Å². The average Bonchev–Trinajstić information content (AvgIpc) is 3.02. The van der Waals surface area contributed by atoms with Gasteiger partial charge in [0.2, 0.25) is 0 Å². The zero-order chi connectivity index (χ0) is 17.5. The number of fused-ring (bicyclic) bond motifs is 1. The maximum atomic E-state index is 5.62. The van der Waals surface area contributed by atoms with Gasteiger partial charge in [-0.1, -0.05) is 43.7 Å². The van der Waals surface area contributed by atoms with Gasteiger partial charge in [0, 0.05) is 31.0 Å². The van der Waals surface area contributed by atoms with Crippen molar-refractivity contribution >= 4 is 16.9 Å². The van der Waals surface area contributed by atoms with Crippen LogP contribution in [-0.4, -0.2) is 34.7 Å². The summed E-state index contributed by atoms with van der Waals surface area (Å²) in [6, 6.07) is 12.2. The topological polar surface area (TPSA) is 62.8 Å². The van der Waals surface area contributed by atoms with Gasteiger partial charge in [0.05, 0.1) is 5.39 Å². The average molecular weight is 338 g/mol. The maximum Gasteiger partial charge on any atom is 0.163 e. The molecular weight excluding hydrogens is 312 g/mol. The van der Waals surface area contributed by atoms with Crippen LogP contribution in [0.25, 0.3) is 22.4 Å². The van der Waals surface area contributed by atoms with E-state index in [1.807, 2.05) is 37.3 Å². The summed E-state index contributed by atoms with van der Waals surface area (Å²) < 4.78 is 5.62. The molecule has 25 heavy (non-hydrogen) atoms. The van der Waals surface area contributed by atoms with Gasteiger partial charge in [-0.05, 0) is 25.8 Å². The fourth-order valence-electron chi connectivity index (χ4n) is 2.72. The SMILES string of the molecule is CCCCOCCCNc1nc(-c2ccccc2)nc2[nH]c(C)cc12. The van der Waals surface area contributed by atoms with E-state index in [0.29, 0.717) is 0 Å². The number of H-pyrrole nitrogens is 1. The normalized spacial score (nSPS) is 11.1. The molecular formula is C20H26N4O. The molecule has 0 aliphatic heterocycles. The third kappa shape index (κ3) is 4.57. The van der Waals surface area contributed by atoms with E-state index in [1.54, 1.807) is 0 Å². The minimum Gasteiger partial charge on any atom is -0.381 e. The summed E-state index contributed by atoms with van der Waals surface area (Å²) in [5.74, 6) is 1.61. The van der Waals surface area contributed by atoms with Crippen LogP contribution in [0.15, 0.2) is 36.4 Å². The Balaban J connectivity index is 1.72. The Morgan fingerprint density at radius 2 is 1.88 bits per heavy atom. The highest BCUT2D eigenvalue weighted by Crippen LogP contribution is 2.25. The van der Waals surface area contributed by atoms with E-state index in [9.17, 15) is 0 Å². The van der Waals surface area contributed by atoms with Crippen molar-refractivity contribution in [3.63, 3.8) is 0 Å². The summed E-state index contributed by atoms with van der Waals surface area (Å²) in [5, 5.41) is 4.48. The summed E-state index contributed by atoms with van der Waals surface area (Å²) in [4.78, 5) is 12.7. The van der Waals surface area contributed by atoms with Gasteiger partial charge >= 0.3 is 0 Å². The molecule has 3 rings (SSSR count). The molecule has 132 valence electrons. The quantitative estimate of drug-likeness (QED) is 0.562. The van der Waals surface area contributed by atoms with Gasteiger partial charge in [-0.3, -0.25) is 0 Å². The van der Waals surface area contributed by atoms with Gasteiger partial charge < -0.3 is 15.0 Å². The molecule has 0 aliphatic carbocycles. The van der Waals surface area contributed by atoms with Crippen molar-refractivity contribution in [3.05, 3.63) is 42.1 Å². The van der Waals surface area contributed by atoms with Crippen LogP contribution in [0.5, 0.6) is 0 Å². The van der Waals surface area contributed by atoms with Gasteiger partial charge in [-0.25, -0.2) is 9.97 Å². The van der Waals surface area contributed by atoms with E-state index in [-0.39, 0.29) is 0 Å². The number of aromatic nitrogens is 3. The number of rotatable bonds is 9. The molecule has 0 atom stereocenters. The Kier molecular flexibility index (Phi) is 6.01. The first-order valence-corrected chi connectivity index (χ1v) is 9.02. The highest BCUT2D eigenvalue weighted by molar-refractivity contribution is 5.89. The standard InChI is InChI=1S/C20H26N4O/c1-3-4-12-25-13-8-11-21-19-17-14-15(2)22-20(17)24-18(23-19)16-9-6-5-7-10-16/h5-7,9-10,14H,3-4,8,11-13H2,1-2H3,(H2,21,22,23,24). The Labute approximate surface area is 148 Å². The lowest BCUT2D eigenvalue weighted by Crippen LogP contribution is -2.08. The summed E-state index contributed by atoms with van der Waals surface area (Å²) in [5.41, 5.74) is 2.97. The Morgan fingerprint density at radius 3 is 2.68 bits per heavy atom. The summed E-state index contributed by atoms with van der Waals surface area (Å²) >= 11 is 0. The smallest absolute Gasteiger partial charge is 0.163 e. The van der Waals surface area contributed by atoms with Crippen LogP contribution in [0.2, 0.25) is 0 Å². The molecule has 0 saturated heterocycles. The lowest BCUT2D eigenvalue weighted by atomic mass is 10.2. The zero-order valence-electron chi connectivity index (χ0n) is 15.0. The van der Waals surface area contributed by atoms with Crippen LogP contribution in [0.3, 0.4) is 0 Å². The van der Waals surface area contributed by atoms with Crippen molar-refractivity contribution in [2.24, 2.45) is 0 Å². The Hall–Kier alpha value is -2.40. The third-order valence-corrected chi connectivity index (χ3v) is 4.05. The van der Waals surface area contributed by atoms with E-state index in [2.05, 4.69) is 28.3 Å². The molecule has 1 aromatic carbocycles. The maximum absolute atomic E-state index is 5.62. The van der Waals surface area contributed by atoms with Crippen molar-refractivity contribution in [1.29, 1.82) is 0 Å². The van der Waals surface area contributed by atoms with Crippen LogP contribution >= 0.6 is 0 Å². The summed E-state index contributed by atoms with van der Waals surface area (Å²) in [6.45, 7) is 6.67. The van der Waals surface area contributed by atoms with Crippen molar-refractivity contribution in [1.82, 2.24) is 15.0 Å². The highest BCUT2D eigenvalue weighted by atomic mass is 16.5. The van der Waals surface area contributed by atoms with Crippen LogP contribution in [0, 0.1) is 6.92 Å². The van der Waals surface area contributed by atoms with E-state index in [1.165, 1.54) is 6.42 Å².